The Hall–Kier alpha value is -1.16. The zero-order valence-electron chi connectivity index (χ0n) is 8.59. The number of methoxy groups -OCH3 is 1. The van der Waals surface area contributed by atoms with Crippen LogP contribution in [0.25, 0.3) is 0 Å². The van der Waals surface area contributed by atoms with Gasteiger partial charge in [-0.25, -0.2) is 8.78 Å². The Labute approximate surface area is 87.5 Å². The Balaban J connectivity index is 2.21. The molecule has 0 unspecified atom stereocenters. The van der Waals surface area contributed by atoms with Crippen LogP contribution in [0.15, 0.2) is 12.1 Å². The van der Waals surface area contributed by atoms with Crippen molar-refractivity contribution < 1.29 is 13.5 Å². The highest BCUT2D eigenvalue weighted by Crippen LogP contribution is 2.23. The van der Waals surface area contributed by atoms with Gasteiger partial charge in [-0.2, -0.15) is 0 Å². The SMILES string of the molecule is COc1cc(F)c(CN2CCC2)c(F)c1. The van der Waals surface area contributed by atoms with Gasteiger partial charge in [0, 0.05) is 24.2 Å². The van der Waals surface area contributed by atoms with Gasteiger partial charge in [-0.3, -0.25) is 4.90 Å². The van der Waals surface area contributed by atoms with E-state index in [9.17, 15) is 8.78 Å². The third-order valence-corrected chi connectivity index (χ3v) is 2.68. The Kier molecular flexibility index (Phi) is 2.86. The van der Waals surface area contributed by atoms with E-state index in [2.05, 4.69) is 0 Å². The summed E-state index contributed by atoms with van der Waals surface area (Å²) < 4.78 is 31.7. The second kappa shape index (κ2) is 4.14. The summed E-state index contributed by atoms with van der Waals surface area (Å²) in [6.07, 6.45) is 1.11. The van der Waals surface area contributed by atoms with Crippen molar-refractivity contribution in [1.29, 1.82) is 0 Å². The molecule has 0 aromatic heterocycles. The zero-order valence-corrected chi connectivity index (χ0v) is 8.59. The molecule has 0 atom stereocenters. The van der Waals surface area contributed by atoms with Crippen LogP contribution in [-0.2, 0) is 6.54 Å². The molecule has 0 spiro atoms. The van der Waals surface area contributed by atoms with E-state index < -0.39 is 11.6 Å². The number of rotatable bonds is 3. The maximum atomic E-state index is 13.5. The summed E-state index contributed by atoms with van der Waals surface area (Å²) in [5.41, 5.74) is 0.135. The zero-order chi connectivity index (χ0) is 10.8. The number of ether oxygens (including phenoxy) is 1. The van der Waals surface area contributed by atoms with Crippen LogP contribution in [0.3, 0.4) is 0 Å². The van der Waals surface area contributed by atoms with E-state index in [4.69, 9.17) is 4.74 Å². The number of likely N-dealkylation sites (tertiary alicyclic amines) is 1. The molecule has 1 aliphatic rings. The summed E-state index contributed by atoms with van der Waals surface area (Å²) in [4.78, 5) is 2.01. The Bertz CT molecular complexity index is 341. The molecule has 15 heavy (non-hydrogen) atoms. The number of halogens is 2. The standard InChI is InChI=1S/C11H13F2NO/c1-15-8-5-10(12)9(11(13)6-8)7-14-3-2-4-14/h5-6H,2-4,7H2,1H3. The fraction of sp³-hybridized carbons (Fsp3) is 0.455. The molecule has 4 heteroatoms. The van der Waals surface area contributed by atoms with Crippen molar-refractivity contribution in [1.82, 2.24) is 4.90 Å². The minimum atomic E-state index is -0.529. The van der Waals surface area contributed by atoms with Crippen molar-refractivity contribution in [3.05, 3.63) is 29.3 Å². The summed E-state index contributed by atoms with van der Waals surface area (Å²) in [7, 11) is 1.39. The normalized spacial score (nSPS) is 16.2. The van der Waals surface area contributed by atoms with E-state index >= 15 is 0 Å². The van der Waals surface area contributed by atoms with E-state index in [1.54, 1.807) is 0 Å². The number of hydrogen-bond donors (Lipinski definition) is 0. The van der Waals surface area contributed by atoms with Gasteiger partial charge >= 0.3 is 0 Å². The molecule has 0 amide bonds. The highest BCUT2D eigenvalue weighted by Gasteiger charge is 2.19. The summed E-state index contributed by atoms with van der Waals surface area (Å²) in [5, 5.41) is 0. The van der Waals surface area contributed by atoms with Crippen LogP contribution >= 0.6 is 0 Å². The summed E-state index contributed by atoms with van der Waals surface area (Å²) in [5.74, 6) is -0.838. The van der Waals surface area contributed by atoms with Gasteiger partial charge in [0.2, 0.25) is 0 Å². The molecule has 2 rings (SSSR count). The van der Waals surface area contributed by atoms with E-state index in [0.717, 1.165) is 19.5 Å². The molecule has 0 N–H and O–H groups in total. The van der Waals surface area contributed by atoms with Gasteiger partial charge in [-0.1, -0.05) is 0 Å². The third-order valence-electron chi connectivity index (χ3n) is 2.68. The summed E-state index contributed by atoms with van der Waals surface area (Å²) >= 11 is 0. The molecule has 2 nitrogen and oxygen atoms in total. The van der Waals surface area contributed by atoms with Crippen LogP contribution in [0.5, 0.6) is 5.75 Å². The smallest absolute Gasteiger partial charge is 0.134 e. The molecular weight excluding hydrogens is 200 g/mol. The van der Waals surface area contributed by atoms with Gasteiger partial charge in [0.25, 0.3) is 0 Å². The molecule has 0 aliphatic carbocycles. The molecule has 0 radical (unpaired) electrons. The maximum absolute atomic E-state index is 13.5. The lowest BCUT2D eigenvalue weighted by atomic mass is 10.1. The molecule has 1 aromatic carbocycles. The predicted octanol–water partition coefficient (Wildman–Crippen LogP) is 2.18. The topological polar surface area (TPSA) is 12.5 Å². The minimum Gasteiger partial charge on any atom is -0.497 e. The van der Waals surface area contributed by atoms with Crippen molar-refractivity contribution in [2.75, 3.05) is 20.2 Å². The first-order valence-corrected chi connectivity index (χ1v) is 4.95. The lowest BCUT2D eigenvalue weighted by Gasteiger charge is -2.30. The van der Waals surface area contributed by atoms with E-state index in [1.165, 1.54) is 19.2 Å². The predicted molar refractivity (Wildman–Crippen MR) is 52.8 cm³/mol. The lowest BCUT2D eigenvalue weighted by Crippen LogP contribution is -2.36. The highest BCUT2D eigenvalue weighted by atomic mass is 19.1. The largest absolute Gasteiger partial charge is 0.497 e. The van der Waals surface area contributed by atoms with Crippen molar-refractivity contribution >= 4 is 0 Å². The molecule has 0 saturated carbocycles. The van der Waals surface area contributed by atoms with Crippen LogP contribution in [0, 0.1) is 11.6 Å². The van der Waals surface area contributed by atoms with Gasteiger partial charge in [0.1, 0.15) is 17.4 Å². The van der Waals surface area contributed by atoms with Crippen LogP contribution in [-0.4, -0.2) is 25.1 Å². The Morgan fingerprint density at radius 2 is 1.87 bits per heavy atom. The van der Waals surface area contributed by atoms with E-state index in [-0.39, 0.29) is 11.3 Å². The first-order valence-electron chi connectivity index (χ1n) is 4.95. The van der Waals surface area contributed by atoms with Crippen LogP contribution in [0.1, 0.15) is 12.0 Å². The van der Waals surface area contributed by atoms with E-state index in [1.807, 2.05) is 4.90 Å². The molecule has 0 bridgehead atoms. The Morgan fingerprint density at radius 3 is 2.27 bits per heavy atom. The van der Waals surface area contributed by atoms with Crippen molar-refractivity contribution in [3.8, 4) is 5.75 Å². The second-order valence-electron chi connectivity index (χ2n) is 3.70. The average Bonchev–Trinajstić information content (AvgIpc) is 2.13. The van der Waals surface area contributed by atoms with Gasteiger partial charge < -0.3 is 4.74 Å². The van der Waals surface area contributed by atoms with E-state index in [0.29, 0.717) is 6.54 Å². The molecule has 1 fully saturated rings. The average molecular weight is 213 g/mol. The van der Waals surface area contributed by atoms with Gasteiger partial charge in [-0.15, -0.1) is 0 Å². The molecular formula is C11H13F2NO. The summed E-state index contributed by atoms with van der Waals surface area (Å²) in [6.45, 7) is 2.19. The quantitative estimate of drug-likeness (QED) is 0.763. The molecule has 1 aliphatic heterocycles. The molecule has 82 valence electrons. The second-order valence-corrected chi connectivity index (χ2v) is 3.70. The van der Waals surface area contributed by atoms with Crippen molar-refractivity contribution in [3.63, 3.8) is 0 Å². The number of benzene rings is 1. The molecule has 1 aromatic rings. The van der Waals surface area contributed by atoms with Crippen molar-refractivity contribution in [2.24, 2.45) is 0 Å². The third kappa shape index (κ3) is 2.09. The summed E-state index contributed by atoms with van der Waals surface area (Å²) in [6, 6.07) is 2.44. The van der Waals surface area contributed by atoms with Crippen LogP contribution in [0.2, 0.25) is 0 Å². The monoisotopic (exact) mass is 213 g/mol. The maximum Gasteiger partial charge on any atom is 0.134 e. The molecule has 1 saturated heterocycles. The van der Waals surface area contributed by atoms with Crippen LogP contribution < -0.4 is 4.74 Å². The van der Waals surface area contributed by atoms with Gasteiger partial charge in [0.15, 0.2) is 0 Å². The first kappa shape index (κ1) is 10.4. The fourth-order valence-electron chi connectivity index (χ4n) is 1.61. The van der Waals surface area contributed by atoms with Crippen molar-refractivity contribution in [2.45, 2.75) is 13.0 Å². The highest BCUT2D eigenvalue weighted by molar-refractivity contribution is 5.30. The van der Waals surface area contributed by atoms with Crippen LogP contribution in [0.4, 0.5) is 8.78 Å². The number of hydrogen-bond acceptors (Lipinski definition) is 2. The lowest BCUT2D eigenvalue weighted by molar-refractivity contribution is 0.168. The minimum absolute atomic E-state index is 0.135. The first-order chi connectivity index (χ1) is 7.20. The molecule has 1 heterocycles. The van der Waals surface area contributed by atoms with Gasteiger partial charge in [0.05, 0.1) is 7.11 Å². The van der Waals surface area contributed by atoms with Gasteiger partial charge in [-0.05, 0) is 19.5 Å². The fourth-order valence-corrected chi connectivity index (χ4v) is 1.61. The Morgan fingerprint density at radius 1 is 1.27 bits per heavy atom. The number of nitrogens with zero attached hydrogens (tertiary/aromatic N) is 1.